The number of aromatic nitrogens is 2. The fourth-order valence-electron chi connectivity index (χ4n) is 3.19. The molecule has 1 N–H and O–H groups in total. The first kappa shape index (κ1) is 29.3. The molecule has 0 unspecified atom stereocenters. The third-order valence-electron chi connectivity index (χ3n) is 5.27. The zero-order valence-electron chi connectivity index (χ0n) is 19.9. The second-order valence-electron chi connectivity index (χ2n) is 7.89. The van der Waals surface area contributed by atoms with Crippen molar-refractivity contribution in [2.75, 3.05) is 5.75 Å². The second kappa shape index (κ2) is 11.8. The van der Waals surface area contributed by atoms with Gasteiger partial charge < -0.3 is 4.55 Å². The Labute approximate surface area is 208 Å². The van der Waals surface area contributed by atoms with Crippen LogP contribution in [-0.2, 0) is 33.7 Å². The monoisotopic (exact) mass is 548 g/mol. The van der Waals surface area contributed by atoms with Gasteiger partial charge in [0.1, 0.15) is 12.4 Å². The molecule has 0 spiro atoms. The summed E-state index contributed by atoms with van der Waals surface area (Å²) in [7, 11) is -7.54. The molecule has 1 aromatic heterocycles. The van der Waals surface area contributed by atoms with Crippen molar-refractivity contribution in [2.45, 2.75) is 38.7 Å². The number of fused-ring (bicyclic) bond motifs is 1. The smallest absolute Gasteiger partial charge is 0.485 e. The van der Waals surface area contributed by atoms with Crippen molar-refractivity contribution in [3.8, 4) is 0 Å². The molecule has 0 aliphatic heterocycles. The largest absolute Gasteiger partial charge is 0.741 e. The number of halogens is 3. The molecule has 9 nitrogen and oxygen atoms in total. The molecule has 0 bridgehead atoms. The normalized spacial score (nSPS) is 12.8. The van der Waals surface area contributed by atoms with Gasteiger partial charge in [0.2, 0.25) is 10.0 Å². The van der Waals surface area contributed by atoms with Crippen LogP contribution < -0.4 is 9.40 Å². The lowest BCUT2D eigenvalue weighted by molar-refractivity contribution is -0.677. The highest BCUT2D eigenvalue weighted by molar-refractivity contribution is 7.89. The molecule has 0 radical (unpaired) electrons. The highest BCUT2D eigenvalue weighted by atomic mass is 32.2. The number of hydrazone groups is 1. The molecule has 0 aliphatic rings. The number of imidazole rings is 1. The van der Waals surface area contributed by atoms with Crippen LogP contribution in [-0.4, -0.2) is 42.9 Å². The van der Waals surface area contributed by atoms with E-state index in [-0.39, 0.29) is 5.75 Å². The van der Waals surface area contributed by atoms with Gasteiger partial charge in [0.25, 0.3) is 5.82 Å². The first-order chi connectivity index (χ1) is 16.6. The summed E-state index contributed by atoms with van der Waals surface area (Å²) in [6, 6.07) is 13.9. The maximum absolute atomic E-state index is 12.3. The quantitative estimate of drug-likeness (QED) is 0.116. The Morgan fingerprint density at radius 2 is 1.69 bits per heavy atom. The number of unbranched alkanes of at least 4 members (excludes halogenated alkanes) is 1. The number of sulfonamides is 1. The summed E-state index contributed by atoms with van der Waals surface area (Å²) in [6.07, 6.45) is 5.39. The standard InChI is InChI=1S/C21H27N4O2S.CHF3O3S/c1-17(20-12-8-10-19-9-4-5-11-21(19)20)22-23-28(26,27)16-7-6-13-25-15-14-24(3)18(25)2;2-1(3,4)8(5,6)7/h4-5,8-12,14-15,23H,6-7,13,16H2,1-3H3;(H,5,6,7)/q+1;/p-1/b22-17-;. The molecule has 0 fully saturated rings. The molecule has 0 atom stereocenters. The third-order valence-corrected chi connectivity index (χ3v) is 7.04. The number of aryl methyl sites for hydroxylation is 2. The summed E-state index contributed by atoms with van der Waals surface area (Å²) < 4.78 is 87.6. The molecule has 36 heavy (non-hydrogen) atoms. The molecule has 1 heterocycles. The van der Waals surface area contributed by atoms with Gasteiger partial charge in [-0.15, -0.1) is 0 Å². The zero-order chi connectivity index (χ0) is 27.1. The summed E-state index contributed by atoms with van der Waals surface area (Å²) in [5.74, 6) is 1.21. The highest BCUT2D eigenvalue weighted by Gasteiger charge is 2.36. The third kappa shape index (κ3) is 8.31. The molecular weight excluding hydrogens is 521 g/mol. The first-order valence-electron chi connectivity index (χ1n) is 10.7. The Kier molecular flexibility index (Phi) is 9.63. The number of benzene rings is 2. The molecule has 0 aliphatic carbocycles. The van der Waals surface area contributed by atoms with Crippen LogP contribution in [0.5, 0.6) is 0 Å². The van der Waals surface area contributed by atoms with Crippen LogP contribution in [0.25, 0.3) is 10.8 Å². The van der Waals surface area contributed by atoms with E-state index in [0.717, 1.165) is 35.1 Å². The molecule has 0 saturated heterocycles. The topological polar surface area (TPSA) is 125 Å². The van der Waals surface area contributed by atoms with E-state index in [1.54, 1.807) is 0 Å². The van der Waals surface area contributed by atoms with Crippen LogP contribution in [0.4, 0.5) is 13.2 Å². The summed E-state index contributed by atoms with van der Waals surface area (Å²) in [6.45, 7) is 4.67. The predicted molar refractivity (Wildman–Crippen MR) is 128 cm³/mol. The van der Waals surface area contributed by atoms with Crippen molar-refractivity contribution in [3.05, 3.63) is 66.2 Å². The number of nitrogens with zero attached hydrogens (tertiary/aromatic N) is 3. The van der Waals surface area contributed by atoms with E-state index in [0.29, 0.717) is 12.1 Å². The number of hydrogen-bond donors (Lipinski definition) is 1. The van der Waals surface area contributed by atoms with E-state index in [1.807, 2.05) is 80.3 Å². The van der Waals surface area contributed by atoms with Crippen LogP contribution >= 0.6 is 0 Å². The van der Waals surface area contributed by atoms with Gasteiger partial charge in [-0.2, -0.15) is 18.3 Å². The average molecular weight is 549 g/mol. The number of rotatable bonds is 8. The van der Waals surface area contributed by atoms with E-state index in [2.05, 4.69) is 14.5 Å². The Morgan fingerprint density at radius 3 is 2.28 bits per heavy atom. The summed E-state index contributed by atoms with van der Waals surface area (Å²) in [5, 5.41) is 6.30. The summed E-state index contributed by atoms with van der Waals surface area (Å²) >= 11 is 0. The van der Waals surface area contributed by atoms with Crippen LogP contribution in [0.2, 0.25) is 0 Å². The minimum absolute atomic E-state index is 0.0613. The zero-order valence-corrected chi connectivity index (χ0v) is 21.5. The van der Waals surface area contributed by atoms with Gasteiger partial charge in [0.05, 0.1) is 25.1 Å². The number of hydrogen-bond acceptors (Lipinski definition) is 6. The van der Waals surface area contributed by atoms with Gasteiger partial charge in [-0.05, 0) is 30.5 Å². The predicted octanol–water partition coefficient (Wildman–Crippen LogP) is 2.95. The molecule has 0 saturated carbocycles. The molecule has 3 aromatic rings. The van der Waals surface area contributed by atoms with Crippen molar-refractivity contribution in [1.29, 1.82) is 0 Å². The minimum Gasteiger partial charge on any atom is -0.741 e. The average Bonchev–Trinajstić information content (AvgIpc) is 3.11. The fourth-order valence-corrected chi connectivity index (χ4v) is 4.15. The van der Waals surface area contributed by atoms with Crippen LogP contribution in [0.3, 0.4) is 0 Å². The molecular formula is C22H27F3N4O5S2. The van der Waals surface area contributed by atoms with Crippen LogP contribution in [0.15, 0.2) is 60.0 Å². The van der Waals surface area contributed by atoms with Crippen LogP contribution in [0.1, 0.15) is 31.2 Å². The fraction of sp³-hybridized carbons (Fsp3) is 0.364. The van der Waals surface area contributed by atoms with Gasteiger partial charge in [0.15, 0.2) is 10.1 Å². The van der Waals surface area contributed by atoms with Gasteiger partial charge in [-0.25, -0.2) is 30.8 Å². The van der Waals surface area contributed by atoms with Gasteiger partial charge in [0, 0.05) is 12.5 Å². The Morgan fingerprint density at radius 1 is 1.08 bits per heavy atom. The van der Waals surface area contributed by atoms with Gasteiger partial charge in [-0.1, -0.05) is 42.5 Å². The number of nitrogens with one attached hydrogen (secondary N) is 1. The Hall–Kier alpha value is -2.97. The molecule has 2 aromatic carbocycles. The number of alkyl halides is 3. The lowest BCUT2D eigenvalue weighted by Gasteiger charge is -2.08. The van der Waals surface area contributed by atoms with Crippen LogP contribution in [0, 0.1) is 6.92 Å². The second-order valence-corrected chi connectivity index (χ2v) is 11.1. The summed E-state index contributed by atoms with van der Waals surface area (Å²) in [5.41, 5.74) is -4.07. The molecule has 0 amide bonds. The molecule has 3 rings (SSSR count). The lowest BCUT2D eigenvalue weighted by atomic mass is 10.0. The molecule has 14 heteroatoms. The Balaban J connectivity index is 0.000000493. The maximum atomic E-state index is 12.3. The van der Waals surface area contributed by atoms with E-state index in [9.17, 15) is 21.6 Å². The van der Waals surface area contributed by atoms with Crippen molar-refractivity contribution in [1.82, 2.24) is 9.40 Å². The van der Waals surface area contributed by atoms with Crippen molar-refractivity contribution >= 4 is 36.6 Å². The van der Waals surface area contributed by atoms with E-state index in [1.165, 1.54) is 0 Å². The first-order valence-corrected chi connectivity index (χ1v) is 13.7. The lowest BCUT2D eigenvalue weighted by Crippen LogP contribution is -2.29. The van der Waals surface area contributed by atoms with Gasteiger partial charge in [-0.3, -0.25) is 0 Å². The Bertz CT molecular complexity index is 1430. The highest BCUT2D eigenvalue weighted by Crippen LogP contribution is 2.20. The van der Waals surface area contributed by atoms with E-state index < -0.39 is 25.6 Å². The maximum Gasteiger partial charge on any atom is 0.485 e. The SMILES string of the molecule is C/C(=N/NS(=O)(=O)CCCCn1cc[n+](C)c1C)c1cccc2ccccc12.O=S(=O)([O-])C(F)(F)F. The van der Waals surface area contributed by atoms with Crippen molar-refractivity contribution < 1.29 is 39.1 Å². The van der Waals surface area contributed by atoms with Gasteiger partial charge >= 0.3 is 5.51 Å². The van der Waals surface area contributed by atoms with E-state index in [4.69, 9.17) is 13.0 Å². The van der Waals surface area contributed by atoms with Crippen molar-refractivity contribution in [3.63, 3.8) is 0 Å². The summed E-state index contributed by atoms with van der Waals surface area (Å²) in [4.78, 5) is 2.39. The minimum atomic E-state index is -6.09. The van der Waals surface area contributed by atoms with Crippen molar-refractivity contribution in [2.24, 2.45) is 12.1 Å². The molecule has 198 valence electrons. The van der Waals surface area contributed by atoms with E-state index >= 15 is 0 Å².